The Morgan fingerprint density at radius 2 is 2.07 bits per heavy atom. The first-order chi connectivity index (χ1) is 6.48. The lowest BCUT2D eigenvalue weighted by molar-refractivity contribution is 0.238. The Morgan fingerprint density at radius 3 is 2.50 bits per heavy atom. The number of likely N-dealkylation sites (tertiary alicyclic amines) is 1. The molecule has 0 aromatic heterocycles. The van der Waals surface area contributed by atoms with Gasteiger partial charge in [-0.3, -0.25) is 4.90 Å². The van der Waals surface area contributed by atoms with Crippen molar-refractivity contribution in [3.8, 4) is 0 Å². The standard InChI is InChI=1S/C9H18N2O2S/c1-7-2-3-11(4-7)9-6-14(12,13)5-8(9)10/h7-9H,2-6,10H2,1H3. The van der Waals surface area contributed by atoms with Crippen LogP contribution in [0.25, 0.3) is 0 Å². The second kappa shape index (κ2) is 3.47. The summed E-state index contributed by atoms with van der Waals surface area (Å²) in [6, 6.07) is -0.102. The third-order valence-electron chi connectivity index (χ3n) is 3.29. The van der Waals surface area contributed by atoms with E-state index in [1.807, 2.05) is 0 Å². The predicted molar refractivity (Wildman–Crippen MR) is 55.8 cm³/mol. The van der Waals surface area contributed by atoms with Crippen LogP contribution in [0.2, 0.25) is 0 Å². The molecule has 5 heteroatoms. The van der Waals surface area contributed by atoms with Crippen molar-refractivity contribution in [3.05, 3.63) is 0 Å². The van der Waals surface area contributed by atoms with Crippen LogP contribution in [0, 0.1) is 5.92 Å². The molecule has 4 nitrogen and oxygen atoms in total. The van der Waals surface area contributed by atoms with Gasteiger partial charge in [0.1, 0.15) is 0 Å². The molecule has 0 aromatic carbocycles. The number of sulfone groups is 1. The summed E-state index contributed by atoms with van der Waals surface area (Å²) in [6.45, 7) is 4.22. The van der Waals surface area contributed by atoms with Gasteiger partial charge in [-0.1, -0.05) is 6.92 Å². The summed E-state index contributed by atoms with van der Waals surface area (Å²) in [7, 11) is -2.87. The normalized spacial score (nSPS) is 43.1. The zero-order valence-electron chi connectivity index (χ0n) is 8.52. The minimum absolute atomic E-state index is 0.0740. The van der Waals surface area contributed by atoms with E-state index >= 15 is 0 Å². The second-order valence-electron chi connectivity index (χ2n) is 4.70. The molecule has 2 fully saturated rings. The lowest BCUT2D eigenvalue weighted by Crippen LogP contribution is -2.45. The summed E-state index contributed by atoms with van der Waals surface area (Å²) in [5.74, 6) is 1.12. The van der Waals surface area contributed by atoms with Gasteiger partial charge in [-0.15, -0.1) is 0 Å². The Kier molecular flexibility index (Phi) is 2.57. The van der Waals surface area contributed by atoms with Gasteiger partial charge in [-0.25, -0.2) is 8.42 Å². The molecule has 2 rings (SSSR count). The van der Waals surface area contributed by atoms with Crippen molar-refractivity contribution in [1.29, 1.82) is 0 Å². The van der Waals surface area contributed by atoms with Crippen LogP contribution in [0.3, 0.4) is 0 Å². The summed E-state index contributed by atoms with van der Waals surface area (Å²) in [5, 5.41) is 0. The van der Waals surface area contributed by atoms with Gasteiger partial charge < -0.3 is 5.73 Å². The van der Waals surface area contributed by atoms with Crippen molar-refractivity contribution in [2.24, 2.45) is 11.7 Å². The average Bonchev–Trinajstić information content (AvgIpc) is 2.55. The Labute approximate surface area is 85.4 Å². The molecule has 2 heterocycles. The van der Waals surface area contributed by atoms with Gasteiger partial charge in [0.2, 0.25) is 0 Å². The minimum atomic E-state index is -2.87. The Morgan fingerprint density at radius 1 is 1.36 bits per heavy atom. The van der Waals surface area contributed by atoms with Crippen molar-refractivity contribution < 1.29 is 8.42 Å². The number of hydrogen-bond donors (Lipinski definition) is 1. The Balaban J connectivity index is 2.06. The number of nitrogens with two attached hydrogens (primary N) is 1. The summed E-state index contributed by atoms with van der Waals surface area (Å²) < 4.78 is 22.8. The van der Waals surface area contributed by atoms with E-state index in [1.54, 1.807) is 0 Å². The SMILES string of the molecule is CC1CCN(C2CS(=O)(=O)CC2N)C1. The molecule has 0 radical (unpaired) electrons. The molecule has 0 amide bonds. The molecule has 0 bridgehead atoms. The first-order valence-electron chi connectivity index (χ1n) is 5.18. The van der Waals surface area contributed by atoms with Gasteiger partial charge in [0.05, 0.1) is 11.5 Å². The van der Waals surface area contributed by atoms with Crippen LogP contribution in [-0.2, 0) is 9.84 Å². The fraction of sp³-hybridized carbons (Fsp3) is 1.00. The first kappa shape index (κ1) is 10.4. The Bertz CT molecular complexity index is 315. The van der Waals surface area contributed by atoms with Crippen molar-refractivity contribution in [1.82, 2.24) is 4.90 Å². The van der Waals surface area contributed by atoms with E-state index in [1.165, 1.54) is 6.42 Å². The average molecular weight is 218 g/mol. The topological polar surface area (TPSA) is 63.4 Å². The van der Waals surface area contributed by atoms with E-state index in [-0.39, 0.29) is 23.6 Å². The molecule has 2 aliphatic rings. The predicted octanol–water partition coefficient (Wildman–Crippen LogP) is -0.547. The molecule has 0 aliphatic carbocycles. The maximum atomic E-state index is 11.4. The second-order valence-corrected chi connectivity index (χ2v) is 6.85. The number of hydrogen-bond acceptors (Lipinski definition) is 4. The molecule has 3 unspecified atom stereocenters. The van der Waals surface area contributed by atoms with Crippen LogP contribution >= 0.6 is 0 Å². The highest BCUT2D eigenvalue weighted by molar-refractivity contribution is 7.91. The van der Waals surface area contributed by atoms with Gasteiger partial charge in [-0.2, -0.15) is 0 Å². The maximum absolute atomic E-state index is 11.4. The molecule has 2 saturated heterocycles. The van der Waals surface area contributed by atoms with E-state index in [0.29, 0.717) is 5.92 Å². The van der Waals surface area contributed by atoms with E-state index in [4.69, 9.17) is 5.73 Å². The van der Waals surface area contributed by atoms with Crippen LogP contribution in [-0.4, -0.2) is 50.0 Å². The largest absolute Gasteiger partial charge is 0.325 e. The molecule has 3 atom stereocenters. The van der Waals surface area contributed by atoms with Crippen LogP contribution < -0.4 is 5.73 Å². The third kappa shape index (κ3) is 1.94. The molecule has 2 aliphatic heterocycles. The van der Waals surface area contributed by atoms with Crippen molar-refractivity contribution in [2.45, 2.75) is 25.4 Å². The van der Waals surface area contributed by atoms with Gasteiger partial charge in [0, 0.05) is 18.6 Å². The van der Waals surface area contributed by atoms with Crippen molar-refractivity contribution in [2.75, 3.05) is 24.6 Å². The highest BCUT2D eigenvalue weighted by atomic mass is 32.2. The van der Waals surface area contributed by atoms with Crippen molar-refractivity contribution in [3.63, 3.8) is 0 Å². The summed E-state index contributed by atoms with van der Waals surface area (Å²) in [4.78, 5) is 2.25. The molecule has 2 N–H and O–H groups in total. The lowest BCUT2D eigenvalue weighted by atomic mass is 10.1. The lowest BCUT2D eigenvalue weighted by Gasteiger charge is -2.25. The fourth-order valence-corrected chi connectivity index (χ4v) is 4.43. The molecular weight excluding hydrogens is 200 g/mol. The van der Waals surface area contributed by atoms with Gasteiger partial charge in [0.15, 0.2) is 9.84 Å². The fourth-order valence-electron chi connectivity index (χ4n) is 2.50. The van der Waals surface area contributed by atoms with Gasteiger partial charge in [-0.05, 0) is 18.9 Å². The van der Waals surface area contributed by atoms with Crippen molar-refractivity contribution >= 4 is 9.84 Å². The monoisotopic (exact) mass is 218 g/mol. The molecular formula is C9H18N2O2S. The van der Waals surface area contributed by atoms with Crippen LogP contribution in [0.5, 0.6) is 0 Å². The van der Waals surface area contributed by atoms with E-state index in [0.717, 1.165) is 13.1 Å². The van der Waals surface area contributed by atoms with E-state index in [9.17, 15) is 8.42 Å². The third-order valence-corrected chi connectivity index (χ3v) is 5.03. The highest BCUT2D eigenvalue weighted by Crippen LogP contribution is 2.23. The van der Waals surface area contributed by atoms with Crippen LogP contribution in [0.1, 0.15) is 13.3 Å². The van der Waals surface area contributed by atoms with Crippen LogP contribution in [0.4, 0.5) is 0 Å². The summed E-state index contributed by atoms with van der Waals surface area (Å²) >= 11 is 0. The molecule has 82 valence electrons. The zero-order valence-corrected chi connectivity index (χ0v) is 9.33. The smallest absolute Gasteiger partial charge is 0.153 e. The zero-order chi connectivity index (χ0) is 10.3. The Hall–Kier alpha value is -0.130. The van der Waals surface area contributed by atoms with E-state index in [2.05, 4.69) is 11.8 Å². The quantitative estimate of drug-likeness (QED) is 0.641. The van der Waals surface area contributed by atoms with Gasteiger partial charge in [0.25, 0.3) is 0 Å². The van der Waals surface area contributed by atoms with Crippen LogP contribution in [0.15, 0.2) is 0 Å². The minimum Gasteiger partial charge on any atom is -0.325 e. The summed E-state index contributed by atoms with van der Waals surface area (Å²) in [5.41, 5.74) is 5.86. The van der Waals surface area contributed by atoms with Gasteiger partial charge >= 0.3 is 0 Å². The number of rotatable bonds is 1. The molecule has 14 heavy (non-hydrogen) atoms. The molecule has 0 aromatic rings. The highest BCUT2D eigenvalue weighted by Gasteiger charge is 2.40. The first-order valence-corrected chi connectivity index (χ1v) is 7.00. The summed E-state index contributed by atoms with van der Waals surface area (Å²) in [6.07, 6.45) is 1.17. The number of nitrogens with zero attached hydrogens (tertiary/aromatic N) is 1. The maximum Gasteiger partial charge on any atom is 0.153 e. The molecule has 0 spiro atoms. The molecule has 0 saturated carbocycles. The van der Waals surface area contributed by atoms with E-state index < -0.39 is 9.84 Å².